The number of para-hydroxylation sites is 2. The maximum absolute atomic E-state index is 12.2. The van der Waals surface area contributed by atoms with Gasteiger partial charge in [-0.15, -0.1) is 0 Å². The van der Waals surface area contributed by atoms with Gasteiger partial charge in [0.2, 0.25) is 0 Å². The number of carbonyl (C=O) groups is 2. The van der Waals surface area contributed by atoms with Gasteiger partial charge in [0.1, 0.15) is 12.7 Å². The van der Waals surface area contributed by atoms with Crippen molar-refractivity contribution in [1.82, 2.24) is 10.2 Å². The molecule has 0 radical (unpaired) electrons. The van der Waals surface area contributed by atoms with Crippen molar-refractivity contribution in [2.45, 2.75) is 38.3 Å². The van der Waals surface area contributed by atoms with Gasteiger partial charge in [-0.25, -0.2) is 0 Å². The first-order chi connectivity index (χ1) is 11.1. The predicted octanol–water partition coefficient (Wildman–Crippen LogP) is 1.34. The number of hydrogen-bond donors (Lipinski definition) is 1. The van der Waals surface area contributed by atoms with E-state index in [9.17, 15) is 9.59 Å². The van der Waals surface area contributed by atoms with Crippen LogP contribution in [0.2, 0.25) is 0 Å². The summed E-state index contributed by atoms with van der Waals surface area (Å²) in [5, 5.41) is 2.67. The highest BCUT2D eigenvalue weighted by atomic mass is 16.6. The molecule has 2 amide bonds. The van der Waals surface area contributed by atoms with Gasteiger partial charge in [0.15, 0.2) is 11.5 Å². The van der Waals surface area contributed by atoms with Crippen LogP contribution in [0.5, 0.6) is 11.5 Å². The first-order valence-electron chi connectivity index (χ1n) is 8.12. The second-order valence-corrected chi connectivity index (χ2v) is 6.05. The third kappa shape index (κ3) is 3.57. The summed E-state index contributed by atoms with van der Waals surface area (Å²) in [7, 11) is 0. The van der Waals surface area contributed by atoms with Gasteiger partial charge in [-0.05, 0) is 38.3 Å². The normalized spacial score (nSPS) is 23.3. The Balaban J connectivity index is 1.50. The van der Waals surface area contributed by atoms with E-state index in [0.29, 0.717) is 24.7 Å². The summed E-state index contributed by atoms with van der Waals surface area (Å²) < 4.78 is 11.4. The summed E-state index contributed by atoms with van der Waals surface area (Å²) in [5.41, 5.74) is 0. The number of amides is 2. The first-order valence-corrected chi connectivity index (χ1v) is 8.12. The van der Waals surface area contributed by atoms with Crippen LogP contribution in [0.1, 0.15) is 26.2 Å². The summed E-state index contributed by atoms with van der Waals surface area (Å²) in [4.78, 5) is 26.0. The number of nitrogens with one attached hydrogen (secondary N) is 1. The molecule has 1 N–H and O–H groups in total. The fourth-order valence-electron chi connectivity index (χ4n) is 2.98. The van der Waals surface area contributed by atoms with E-state index in [1.807, 2.05) is 31.2 Å². The third-order valence-electron chi connectivity index (χ3n) is 4.32. The minimum atomic E-state index is -0.568. The molecule has 1 aromatic carbocycles. The minimum absolute atomic E-state index is 0.128. The molecular formula is C17H22N2O4. The number of nitrogens with zero attached hydrogens (tertiary/aromatic N) is 1. The Morgan fingerprint density at radius 2 is 2.04 bits per heavy atom. The molecule has 1 fully saturated rings. The molecule has 1 aromatic rings. The number of likely N-dealkylation sites (tertiary alicyclic amines) is 1. The second-order valence-electron chi connectivity index (χ2n) is 6.05. The van der Waals surface area contributed by atoms with Gasteiger partial charge in [-0.2, -0.15) is 0 Å². The lowest BCUT2D eigenvalue weighted by Crippen LogP contribution is -2.51. The van der Waals surface area contributed by atoms with Gasteiger partial charge in [-0.3, -0.25) is 9.59 Å². The summed E-state index contributed by atoms with van der Waals surface area (Å²) in [6, 6.07) is 7.53. The van der Waals surface area contributed by atoms with Crippen molar-refractivity contribution in [1.29, 1.82) is 0 Å². The van der Waals surface area contributed by atoms with Crippen molar-refractivity contribution in [3.05, 3.63) is 24.3 Å². The van der Waals surface area contributed by atoms with Crippen LogP contribution < -0.4 is 14.8 Å². The fourth-order valence-corrected chi connectivity index (χ4v) is 2.98. The van der Waals surface area contributed by atoms with Crippen LogP contribution in [0, 0.1) is 0 Å². The van der Waals surface area contributed by atoms with E-state index >= 15 is 0 Å². The van der Waals surface area contributed by atoms with Crippen LogP contribution in [0.3, 0.4) is 0 Å². The SMILES string of the molecule is CC1CCCCN1C(=O)C(=O)NCC1COc2ccccc2O1. The van der Waals surface area contributed by atoms with E-state index in [4.69, 9.17) is 9.47 Å². The molecule has 0 saturated carbocycles. The molecule has 3 rings (SSSR count). The zero-order valence-electron chi connectivity index (χ0n) is 13.3. The standard InChI is InChI=1S/C17H22N2O4/c1-12-6-4-5-9-19(12)17(21)16(20)18-10-13-11-22-14-7-2-3-8-15(14)23-13/h2-3,7-8,12-13H,4-6,9-11H2,1H3,(H,18,20). The molecule has 1 saturated heterocycles. The Bertz CT molecular complexity index is 590. The molecule has 2 aliphatic heterocycles. The number of benzene rings is 1. The monoisotopic (exact) mass is 318 g/mol. The molecule has 2 heterocycles. The van der Waals surface area contributed by atoms with Gasteiger partial charge >= 0.3 is 11.8 Å². The highest BCUT2D eigenvalue weighted by Crippen LogP contribution is 2.30. The molecule has 2 atom stereocenters. The summed E-state index contributed by atoms with van der Waals surface area (Å²) >= 11 is 0. The molecule has 0 aliphatic carbocycles. The molecule has 6 heteroatoms. The molecule has 23 heavy (non-hydrogen) atoms. The van der Waals surface area contributed by atoms with Gasteiger partial charge in [0.25, 0.3) is 0 Å². The largest absolute Gasteiger partial charge is 0.486 e. The fraction of sp³-hybridized carbons (Fsp3) is 0.529. The number of fused-ring (bicyclic) bond motifs is 1. The van der Waals surface area contributed by atoms with Crippen molar-refractivity contribution in [3.63, 3.8) is 0 Å². The third-order valence-corrected chi connectivity index (χ3v) is 4.32. The van der Waals surface area contributed by atoms with Crippen LogP contribution in [0.25, 0.3) is 0 Å². The van der Waals surface area contributed by atoms with E-state index in [-0.39, 0.29) is 18.7 Å². The average Bonchev–Trinajstić information content (AvgIpc) is 2.59. The maximum atomic E-state index is 12.2. The topological polar surface area (TPSA) is 67.9 Å². The number of ether oxygens (including phenoxy) is 2. The lowest BCUT2D eigenvalue weighted by Gasteiger charge is -2.33. The quantitative estimate of drug-likeness (QED) is 0.836. The van der Waals surface area contributed by atoms with E-state index in [1.54, 1.807) is 4.90 Å². The zero-order chi connectivity index (χ0) is 16.2. The van der Waals surface area contributed by atoms with Crippen molar-refractivity contribution < 1.29 is 19.1 Å². The number of rotatable bonds is 2. The molecule has 0 bridgehead atoms. The average molecular weight is 318 g/mol. The van der Waals surface area contributed by atoms with Gasteiger partial charge in [-0.1, -0.05) is 12.1 Å². The second kappa shape index (κ2) is 6.89. The number of piperidine rings is 1. The van der Waals surface area contributed by atoms with Crippen LogP contribution >= 0.6 is 0 Å². The highest BCUT2D eigenvalue weighted by molar-refractivity contribution is 6.35. The van der Waals surface area contributed by atoms with Crippen LogP contribution in [0.4, 0.5) is 0 Å². The number of hydrogen-bond acceptors (Lipinski definition) is 4. The molecule has 124 valence electrons. The van der Waals surface area contributed by atoms with Crippen LogP contribution in [-0.4, -0.2) is 48.6 Å². The zero-order valence-corrected chi connectivity index (χ0v) is 13.3. The minimum Gasteiger partial charge on any atom is -0.486 e. The van der Waals surface area contributed by atoms with Crippen molar-refractivity contribution in [3.8, 4) is 11.5 Å². The van der Waals surface area contributed by atoms with E-state index in [2.05, 4.69) is 5.32 Å². The lowest BCUT2D eigenvalue weighted by atomic mass is 10.0. The van der Waals surface area contributed by atoms with Gasteiger partial charge in [0.05, 0.1) is 6.54 Å². The van der Waals surface area contributed by atoms with E-state index in [1.165, 1.54) is 0 Å². The lowest BCUT2D eigenvalue weighted by molar-refractivity contribution is -0.148. The predicted molar refractivity (Wildman–Crippen MR) is 84.4 cm³/mol. The van der Waals surface area contributed by atoms with Crippen LogP contribution in [0.15, 0.2) is 24.3 Å². The van der Waals surface area contributed by atoms with Gasteiger partial charge < -0.3 is 19.7 Å². The summed E-state index contributed by atoms with van der Waals surface area (Å²) in [6.45, 7) is 3.25. The Hall–Kier alpha value is -2.24. The summed E-state index contributed by atoms with van der Waals surface area (Å²) in [6.07, 6.45) is 2.73. The van der Waals surface area contributed by atoms with Crippen molar-refractivity contribution >= 4 is 11.8 Å². The Morgan fingerprint density at radius 1 is 1.26 bits per heavy atom. The van der Waals surface area contributed by atoms with Crippen molar-refractivity contribution in [2.75, 3.05) is 19.7 Å². The maximum Gasteiger partial charge on any atom is 0.312 e. The Kier molecular flexibility index (Phi) is 4.69. The first kappa shape index (κ1) is 15.6. The van der Waals surface area contributed by atoms with E-state index in [0.717, 1.165) is 19.3 Å². The smallest absolute Gasteiger partial charge is 0.312 e. The van der Waals surface area contributed by atoms with E-state index < -0.39 is 11.8 Å². The van der Waals surface area contributed by atoms with Crippen LogP contribution in [-0.2, 0) is 9.59 Å². The Labute approximate surface area is 135 Å². The van der Waals surface area contributed by atoms with Crippen molar-refractivity contribution in [2.24, 2.45) is 0 Å². The highest BCUT2D eigenvalue weighted by Gasteiger charge is 2.29. The molecule has 0 aromatic heterocycles. The molecule has 6 nitrogen and oxygen atoms in total. The molecule has 2 aliphatic rings. The molecule has 2 unspecified atom stereocenters. The summed E-state index contributed by atoms with van der Waals surface area (Å²) in [5.74, 6) is 0.345. The Morgan fingerprint density at radius 3 is 2.83 bits per heavy atom. The number of carbonyl (C=O) groups excluding carboxylic acids is 2. The molecule has 0 spiro atoms. The van der Waals surface area contributed by atoms with Gasteiger partial charge in [0, 0.05) is 12.6 Å². The molecular weight excluding hydrogens is 296 g/mol.